The zero-order valence-electron chi connectivity index (χ0n) is 13.2. The molecule has 1 fully saturated rings. The van der Waals surface area contributed by atoms with Crippen molar-refractivity contribution in [3.8, 4) is 5.75 Å². The Kier molecular flexibility index (Phi) is 5.90. The average Bonchev–Trinajstić information content (AvgIpc) is 2.93. The lowest BCUT2D eigenvalue weighted by atomic mass is 10.0. The molecule has 1 N–H and O–H groups in total. The Hall–Kier alpha value is -1.02. The van der Waals surface area contributed by atoms with Crippen molar-refractivity contribution in [2.24, 2.45) is 0 Å². The molecule has 0 aromatic heterocycles. The van der Waals surface area contributed by atoms with E-state index in [1.54, 1.807) is 0 Å². The summed E-state index contributed by atoms with van der Waals surface area (Å²) in [6.07, 6.45) is 6.60. The van der Waals surface area contributed by atoms with Crippen LogP contribution in [0.5, 0.6) is 5.75 Å². The summed E-state index contributed by atoms with van der Waals surface area (Å²) in [5.41, 5.74) is 2.59. The van der Waals surface area contributed by atoms with Gasteiger partial charge in [0.2, 0.25) is 0 Å². The predicted octanol–water partition coefficient (Wildman–Crippen LogP) is 4.42. The number of benzene rings is 1. The quantitative estimate of drug-likeness (QED) is 0.744. The molecule has 1 aromatic carbocycles. The zero-order chi connectivity index (χ0) is 14.4. The van der Waals surface area contributed by atoms with Crippen molar-refractivity contribution in [2.45, 2.75) is 64.8 Å². The Morgan fingerprint density at radius 2 is 2.00 bits per heavy atom. The Bertz CT molecular complexity index is 408. The van der Waals surface area contributed by atoms with Gasteiger partial charge >= 0.3 is 0 Å². The lowest BCUT2D eigenvalue weighted by molar-refractivity contribution is 0.302. The fourth-order valence-electron chi connectivity index (χ4n) is 2.82. The van der Waals surface area contributed by atoms with Crippen molar-refractivity contribution in [3.05, 3.63) is 29.3 Å². The highest BCUT2D eigenvalue weighted by Crippen LogP contribution is 2.24. The van der Waals surface area contributed by atoms with Crippen molar-refractivity contribution in [3.63, 3.8) is 0 Å². The molecule has 0 atom stereocenters. The van der Waals surface area contributed by atoms with Crippen LogP contribution in [0.15, 0.2) is 18.2 Å². The number of nitrogens with one attached hydrogen (secondary N) is 1. The molecule has 1 aliphatic rings. The molecule has 0 aliphatic heterocycles. The Morgan fingerprint density at radius 3 is 2.70 bits per heavy atom. The van der Waals surface area contributed by atoms with Gasteiger partial charge in [-0.05, 0) is 55.8 Å². The van der Waals surface area contributed by atoms with Gasteiger partial charge in [0.05, 0.1) is 6.61 Å². The van der Waals surface area contributed by atoms with E-state index in [0.29, 0.717) is 5.92 Å². The minimum Gasteiger partial charge on any atom is -0.493 e. The molecular formula is C18H29NO. The molecule has 0 unspecified atom stereocenters. The third-order valence-electron chi connectivity index (χ3n) is 4.25. The minimum absolute atomic E-state index is 0.557. The first-order chi connectivity index (χ1) is 9.66. The van der Waals surface area contributed by atoms with Gasteiger partial charge in [0, 0.05) is 6.04 Å². The molecule has 2 rings (SSSR count). The number of hydrogen-bond acceptors (Lipinski definition) is 2. The number of hydrogen-bond donors (Lipinski definition) is 1. The third-order valence-corrected chi connectivity index (χ3v) is 4.25. The van der Waals surface area contributed by atoms with Gasteiger partial charge in [-0.3, -0.25) is 0 Å². The first-order valence-corrected chi connectivity index (χ1v) is 8.13. The van der Waals surface area contributed by atoms with E-state index >= 15 is 0 Å². The summed E-state index contributed by atoms with van der Waals surface area (Å²) in [5, 5.41) is 3.63. The van der Waals surface area contributed by atoms with Crippen LogP contribution in [0.3, 0.4) is 0 Å². The van der Waals surface area contributed by atoms with E-state index < -0.39 is 0 Å². The zero-order valence-corrected chi connectivity index (χ0v) is 13.2. The normalized spacial score (nSPS) is 16.0. The first-order valence-electron chi connectivity index (χ1n) is 8.13. The molecule has 1 saturated carbocycles. The van der Waals surface area contributed by atoms with Gasteiger partial charge in [0.25, 0.3) is 0 Å². The topological polar surface area (TPSA) is 21.3 Å². The molecule has 0 heterocycles. The van der Waals surface area contributed by atoms with Crippen LogP contribution in [0.1, 0.15) is 63.0 Å². The average molecular weight is 275 g/mol. The van der Waals surface area contributed by atoms with Gasteiger partial charge in [0.1, 0.15) is 5.75 Å². The van der Waals surface area contributed by atoms with Crippen LogP contribution in [-0.4, -0.2) is 19.2 Å². The molecule has 0 bridgehead atoms. The second-order valence-electron chi connectivity index (χ2n) is 6.32. The lowest BCUT2D eigenvalue weighted by Gasteiger charge is -2.14. The molecule has 112 valence electrons. The number of aryl methyl sites for hydroxylation is 1. The van der Waals surface area contributed by atoms with Crippen molar-refractivity contribution in [1.82, 2.24) is 5.32 Å². The number of rotatable bonds is 7. The molecule has 1 aliphatic carbocycles. The van der Waals surface area contributed by atoms with Crippen LogP contribution >= 0.6 is 0 Å². The third kappa shape index (κ3) is 4.52. The molecule has 0 radical (unpaired) electrons. The van der Waals surface area contributed by atoms with Gasteiger partial charge in [-0.2, -0.15) is 0 Å². The Balaban J connectivity index is 1.71. The van der Waals surface area contributed by atoms with Crippen molar-refractivity contribution >= 4 is 0 Å². The van der Waals surface area contributed by atoms with Gasteiger partial charge in [-0.25, -0.2) is 0 Å². The second-order valence-corrected chi connectivity index (χ2v) is 6.32. The van der Waals surface area contributed by atoms with Crippen LogP contribution in [-0.2, 0) is 0 Å². The summed E-state index contributed by atoms with van der Waals surface area (Å²) in [4.78, 5) is 0. The maximum atomic E-state index is 5.95. The molecule has 20 heavy (non-hydrogen) atoms. The second kappa shape index (κ2) is 7.68. The summed E-state index contributed by atoms with van der Waals surface area (Å²) >= 11 is 0. The molecular weight excluding hydrogens is 246 g/mol. The minimum atomic E-state index is 0.557. The van der Waals surface area contributed by atoms with Crippen molar-refractivity contribution in [2.75, 3.05) is 13.2 Å². The van der Waals surface area contributed by atoms with E-state index in [4.69, 9.17) is 4.74 Å². The highest BCUT2D eigenvalue weighted by molar-refractivity contribution is 5.37. The van der Waals surface area contributed by atoms with E-state index in [1.807, 2.05) is 0 Å². The summed E-state index contributed by atoms with van der Waals surface area (Å²) in [6, 6.07) is 7.33. The van der Waals surface area contributed by atoms with E-state index in [-0.39, 0.29) is 0 Å². The highest BCUT2D eigenvalue weighted by Gasteiger charge is 2.13. The largest absolute Gasteiger partial charge is 0.493 e. The van der Waals surface area contributed by atoms with Gasteiger partial charge in [-0.1, -0.05) is 38.8 Å². The first kappa shape index (κ1) is 15.4. The molecule has 0 amide bonds. The smallest absolute Gasteiger partial charge is 0.122 e. The van der Waals surface area contributed by atoms with Crippen molar-refractivity contribution < 1.29 is 4.74 Å². The van der Waals surface area contributed by atoms with E-state index in [9.17, 15) is 0 Å². The van der Waals surface area contributed by atoms with Crippen molar-refractivity contribution in [1.29, 1.82) is 0 Å². The van der Waals surface area contributed by atoms with Crippen LogP contribution in [0, 0.1) is 6.92 Å². The Labute approximate surface area is 123 Å². The summed E-state index contributed by atoms with van der Waals surface area (Å²) < 4.78 is 5.95. The van der Waals surface area contributed by atoms with Crippen LogP contribution in [0.4, 0.5) is 0 Å². The Morgan fingerprint density at radius 1 is 1.25 bits per heavy atom. The monoisotopic (exact) mass is 275 g/mol. The summed E-state index contributed by atoms with van der Waals surface area (Å²) in [7, 11) is 0. The maximum Gasteiger partial charge on any atom is 0.122 e. The highest BCUT2D eigenvalue weighted by atomic mass is 16.5. The van der Waals surface area contributed by atoms with Crippen LogP contribution in [0.2, 0.25) is 0 Å². The SMILES string of the molecule is Cc1ccc(C(C)C)cc1OCCCNC1CCCC1. The van der Waals surface area contributed by atoms with Gasteiger partial charge in [0.15, 0.2) is 0 Å². The van der Waals surface area contributed by atoms with Gasteiger partial charge < -0.3 is 10.1 Å². The molecule has 2 nitrogen and oxygen atoms in total. The van der Waals surface area contributed by atoms with Crippen LogP contribution in [0.25, 0.3) is 0 Å². The lowest BCUT2D eigenvalue weighted by Crippen LogP contribution is -2.27. The molecule has 1 aromatic rings. The standard InChI is InChI=1S/C18H29NO/c1-14(2)16-10-9-15(3)18(13-16)20-12-6-11-19-17-7-4-5-8-17/h9-10,13-14,17,19H,4-8,11-12H2,1-3H3. The maximum absolute atomic E-state index is 5.95. The van der Waals surface area contributed by atoms with E-state index in [2.05, 4.69) is 44.3 Å². The molecule has 0 saturated heterocycles. The fourth-order valence-corrected chi connectivity index (χ4v) is 2.82. The molecule has 2 heteroatoms. The fraction of sp³-hybridized carbons (Fsp3) is 0.667. The predicted molar refractivity (Wildman–Crippen MR) is 85.6 cm³/mol. The molecule has 0 spiro atoms. The van der Waals surface area contributed by atoms with E-state index in [1.165, 1.54) is 36.8 Å². The number of ether oxygens (including phenoxy) is 1. The summed E-state index contributed by atoms with van der Waals surface area (Å²) in [6.45, 7) is 8.45. The van der Waals surface area contributed by atoms with Gasteiger partial charge in [-0.15, -0.1) is 0 Å². The van der Waals surface area contributed by atoms with Crippen LogP contribution < -0.4 is 10.1 Å². The van der Waals surface area contributed by atoms with E-state index in [0.717, 1.165) is 31.4 Å². The summed E-state index contributed by atoms with van der Waals surface area (Å²) in [5.74, 6) is 1.61.